The molecule has 0 aromatic heterocycles. The Hall–Kier alpha value is -0.160. The van der Waals surface area contributed by atoms with Gasteiger partial charge in [0, 0.05) is 32.2 Å². The first-order valence-electron chi connectivity index (χ1n) is 5.49. The van der Waals surface area contributed by atoms with Gasteiger partial charge in [0.05, 0.1) is 25.9 Å². The highest BCUT2D eigenvalue weighted by molar-refractivity contribution is 4.77. The van der Waals surface area contributed by atoms with Gasteiger partial charge in [-0.3, -0.25) is 4.90 Å². The molecule has 2 fully saturated rings. The lowest BCUT2D eigenvalue weighted by atomic mass is 10.2. The van der Waals surface area contributed by atoms with Crippen molar-refractivity contribution in [3.05, 3.63) is 0 Å². The maximum Gasteiger partial charge on any atom is 0.0936 e. The minimum absolute atomic E-state index is 0.286. The summed E-state index contributed by atoms with van der Waals surface area (Å²) in [5.74, 6) is 0. The molecular weight excluding hydrogens is 180 g/mol. The lowest BCUT2D eigenvalue weighted by molar-refractivity contribution is -0.0988. The molecule has 2 rings (SSSR count). The van der Waals surface area contributed by atoms with Crippen molar-refractivity contribution in [1.82, 2.24) is 10.2 Å². The van der Waals surface area contributed by atoms with Crippen LogP contribution in [-0.2, 0) is 9.47 Å². The van der Waals surface area contributed by atoms with Crippen LogP contribution in [0.5, 0.6) is 0 Å². The molecule has 2 unspecified atom stereocenters. The van der Waals surface area contributed by atoms with Crippen molar-refractivity contribution in [3.8, 4) is 0 Å². The summed E-state index contributed by atoms with van der Waals surface area (Å²) in [6.45, 7) is 8.87. The molecule has 0 spiro atoms. The molecule has 0 saturated carbocycles. The molecule has 2 saturated heterocycles. The van der Waals surface area contributed by atoms with Gasteiger partial charge >= 0.3 is 0 Å². The molecule has 0 aliphatic carbocycles. The number of nitrogens with zero attached hydrogens (tertiary/aromatic N) is 1. The SMILES string of the molecule is CC1CN(CC2COCCO2)CCN1. The molecule has 14 heavy (non-hydrogen) atoms. The highest BCUT2D eigenvalue weighted by Gasteiger charge is 2.21. The molecule has 82 valence electrons. The van der Waals surface area contributed by atoms with E-state index < -0.39 is 0 Å². The van der Waals surface area contributed by atoms with Crippen molar-refractivity contribution in [2.75, 3.05) is 46.0 Å². The Balaban J connectivity index is 1.72. The van der Waals surface area contributed by atoms with Gasteiger partial charge in [-0.05, 0) is 6.92 Å². The zero-order valence-electron chi connectivity index (χ0n) is 8.87. The van der Waals surface area contributed by atoms with E-state index in [1.165, 1.54) is 0 Å². The van der Waals surface area contributed by atoms with E-state index in [9.17, 15) is 0 Å². The van der Waals surface area contributed by atoms with Crippen LogP contribution in [0.25, 0.3) is 0 Å². The Morgan fingerprint density at radius 2 is 2.36 bits per heavy atom. The number of nitrogens with one attached hydrogen (secondary N) is 1. The molecule has 4 heteroatoms. The molecule has 0 amide bonds. The van der Waals surface area contributed by atoms with E-state index in [0.29, 0.717) is 6.04 Å². The van der Waals surface area contributed by atoms with Gasteiger partial charge in [0.1, 0.15) is 0 Å². The summed E-state index contributed by atoms with van der Waals surface area (Å²) in [5.41, 5.74) is 0. The lowest BCUT2D eigenvalue weighted by Gasteiger charge is -2.35. The smallest absolute Gasteiger partial charge is 0.0936 e. The average molecular weight is 200 g/mol. The summed E-state index contributed by atoms with van der Waals surface area (Å²) in [6, 6.07) is 0.605. The monoisotopic (exact) mass is 200 g/mol. The minimum atomic E-state index is 0.286. The Morgan fingerprint density at radius 3 is 3.07 bits per heavy atom. The Morgan fingerprint density at radius 1 is 1.43 bits per heavy atom. The predicted octanol–water partition coefficient (Wildman–Crippen LogP) is -0.304. The molecule has 0 bridgehead atoms. The fourth-order valence-electron chi connectivity index (χ4n) is 2.11. The van der Waals surface area contributed by atoms with Gasteiger partial charge in [-0.1, -0.05) is 0 Å². The molecule has 0 aromatic carbocycles. The van der Waals surface area contributed by atoms with Gasteiger partial charge in [0.15, 0.2) is 0 Å². The lowest BCUT2D eigenvalue weighted by Crippen LogP contribution is -2.52. The molecule has 2 aliphatic rings. The third-order valence-corrected chi connectivity index (χ3v) is 2.80. The zero-order valence-corrected chi connectivity index (χ0v) is 8.87. The first kappa shape index (κ1) is 10.4. The Kier molecular flexibility index (Phi) is 3.75. The molecule has 1 N–H and O–H groups in total. The van der Waals surface area contributed by atoms with Crippen molar-refractivity contribution in [2.45, 2.75) is 19.1 Å². The summed E-state index contributed by atoms with van der Waals surface area (Å²) in [6.07, 6.45) is 0.286. The number of ether oxygens (including phenoxy) is 2. The second-order valence-electron chi connectivity index (χ2n) is 4.18. The first-order valence-corrected chi connectivity index (χ1v) is 5.49. The number of hydrogen-bond acceptors (Lipinski definition) is 4. The van der Waals surface area contributed by atoms with Gasteiger partial charge in [-0.15, -0.1) is 0 Å². The number of rotatable bonds is 2. The summed E-state index contributed by atoms with van der Waals surface area (Å²) in [4.78, 5) is 2.46. The van der Waals surface area contributed by atoms with Gasteiger partial charge in [-0.2, -0.15) is 0 Å². The molecule has 2 aliphatic heterocycles. The third kappa shape index (κ3) is 2.92. The zero-order chi connectivity index (χ0) is 9.80. The first-order chi connectivity index (χ1) is 6.84. The standard InChI is InChI=1S/C10H20N2O2/c1-9-6-12(3-2-11-9)7-10-8-13-4-5-14-10/h9-11H,2-8H2,1H3. The van der Waals surface area contributed by atoms with Gasteiger partial charge in [0.2, 0.25) is 0 Å². The second kappa shape index (κ2) is 5.07. The maximum atomic E-state index is 5.63. The molecular formula is C10H20N2O2. The van der Waals surface area contributed by atoms with Gasteiger partial charge in [-0.25, -0.2) is 0 Å². The van der Waals surface area contributed by atoms with Crippen LogP contribution in [0.15, 0.2) is 0 Å². The van der Waals surface area contributed by atoms with Gasteiger partial charge < -0.3 is 14.8 Å². The largest absolute Gasteiger partial charge is 0.376 e. The van der Waals surface area contributed by atoms with E-state index in [-0.39, 0.29) is 6.10 Å². The van der Waals surface area contributed by atoms with Crippen LogP contribution < -0.4 is 5.32 Å². The average Bonchev–Trinajstić information content (AvgIpc) is 2.19. The number of piperazine rings is 1. The van der Waals surface area contributed by atoms with Crippen molar-refractivity contribution >= 4 is 0 Å². The van der Waals surface area contributed by atoms with E-state index in [1.807, 2.05) is 0 Å². The van der Waals surface area contributed by atoms with Crippen molar-refractivity contribution in [1.29, 1.82) is 0 Å². The maximum absolute atomic E-state index is 5.63. The second-order valence-corrected chi connectivity index (χ2v) is 4.18. The van der Waals surface area contributed by atoms with E-state index in [0.717, 1.165) is 46.0 Å². The van der Waals surface area contributed by atoms with Crippen LogP contribution in [0, 0.1) is 0 Å². The van der Waals surface area contributed by atoms with E-state index in [2.05, 4.69) is 17.1 Å². The Labute approximate surface area is 85.5 Å². The Bertz CT molecular complexity index is 172. The molecule has 4 nitrogen and oxygen atoms in total. The minimum Gasteiger partial charge on any atom is -0.376 e. The molecule has 0 radical (unpaired) electrons. The van der Waals surface area contributed by atoms with Crippen molar-refractivity contribution < 1.29 is 9.47 Å². The van der Waals surface area contributed by atoms with Gasteiger partial charge in [0.25, 0.3) is 0 Å². The fourth-order valence-corrected chi connectivity index (χ4v) is 2.11. The van der Waals surface area contributed by atoms with Crippen LogP contribution in [0.2, 0.25) is 0 Å². The highest BCUT2D eigenvalue weighted by atomic mass is 16.6. The van der Waals surface area contributed by atoms with Crippen molar-refractivity contribution in [3.63, 3.8) is 0 Å². The topological polar surface area (TPSA) is 33.7 Å². The summed E-state index contributed by atoms with van der Waals surface area (Å²) in [7, 11) is 0. The quantitative estimate of drug-likeness (QED) is 0.663. The van der Waals surface area contributed by atoms with Crippen molar-refractivity contribution in [2.24, 2.45) is 0 Å². The van der Waals surface area contributed by atoms with Crippen LogP contribution in [-0.4, -0.2) is 63.0 Å². The molecule has 0 aromatic rings. The highest BCUT2D eigenvalue weighted by Crippen LogP contribution is 2.05. The third-order valence-electron chi connectivity index (χ3n) is 2.80. The fraction of sp³-hybridized carbons (Fsp3) is 1.00. The molecule has 2 atom stereocenters. The number of hydrogen-bond donors (Lipinski definition) is 1. The predicted molar refractivity (Wildman–Crippen MR) is 54.5 cm³/mol. The van der Waals surface area contributed by atoms with E-state index in [1.54, 1.807) is 0 Å². The van der Waals surface area contributed by atoms with E-state index >= 15 is 0 Å². The van der Waals surface area contributed by atoms with Crippen LogP contribution in [0.3, 0.4) is 0 Å². The molecule has 2 heterocycles. The summed E-state index contributed by atoms with van der Waals surface area (Å²) in [5, 5.41) is 3.44. The van der Waals surface area contributed by atoms with Crippen LogP contribution in [0.4, 0.5) is 0 Å². The normalized spacial score (nSPS) is 35.8. The van der Waals surface area contributed by atoms with E-state index in [4.69, 9.17) is 9.47 Å². The summed E-state index contributed by atoms with van der Waals surface area (Å²) >= 11 is 0. The van der Waals surface area contributed by atoms with Crippen LogP contribution >= 0.6 is 0 Å². The van der Waals surface area contributed by atoms with Crippen LogP contribution in [0.1, 0.15) is 6.92 Å². The summed E-state index contributed by atoms with van der Waals surface area (Å²) < 4.78 is 11.0.